The highest BCUT2D eigenvalue weighted by Crippen LogP contribution is 2.37. The average molecular weight is 286 g/mol. The molecule has 0 bridgehead atoms. The molecule has 1 aliphatic heterocycles. The number of nitrogens with one attached hydrogen (secondary N) is 1. The van der Waals surface area contributed by atoms with Crippen molar-refractivity contribution in [1.29, 1.82) is 0 Å². The Morgan fingerprint density at radius 2 is 2.28 bits per heavy atom. The van der Waals surface area contributed by atoms with Crippen molar-refractivity contribution < 1.29 is 9.59 Å². The fraction of sp³-hybridized carbons (Fsp3) is 0.600. The second kappa shape index (κ2) is 4.85. The number of thioether (sulfide) groups is 1. The topological polar surface area (TPSA) is 75.2 Å². The third-order valence-electron chi connectivity index (χ3n) is 2.72. The Labute approximate surface area is 113 Å². The zero-order valence-corrected chi connectivity index (χ0v) is 12.0. The van der Waals surface area contributed by atoms with E-state index in [4.69, 9.17) is 0 Å². The molecule has 1 aromatic heterocycles. The van der Waals surface area contributed by atoms with Crippen molar-refractivity contribution in [3.05, 3.63) is 5.01 Å². The van der Waals surface area contributed by atoms with Crippen LogP contribution in [0.5, 0.6) is 0 Å². The maximum Gasteiger partial charge on any atom is 0.249 e. The fourth-order valence-corrected chi connectivity index (χ4v) is 3.54. The van der Waals surface area contributed by atoms with Gasteiger partial charge in [-0.25, -0.2) is 0 Å². The van der Waals surface area contributed by atoms with Crippen molar-refractivity contribution in [2.45, 2.75) is 31.7 Å². The van der Waals surface area contributed by atoms with Crippen LogP contribution in [0.2, 0.25) is 0 Å². The minimum Gasteiger partial charge on any atom is -0.318 e. The average Bonchev–Trinajstić information content (AvgIpc) is 2.81. The first kappa shape index (κ1) is 13.3. The predicted octanol–water partition coefficient (Wildman–Crippen LogP) is 1.09. The van der Waals surface area contributed by atoms with Gasteiger partial charge in [-0.3, -0.25) is 14.9 Å². The van der Waals surface area contributed by atoms with Crippen LogP contribution >= 0.6 is 23.1 Å². The molecule has 1 saturated heterocycles. The minimum absolute atomic E-state index is 0.212. The summed E-state index contributed by atoms with van der Waals surface area (Å²) < 4.78 is 0. The Bertz CT molecular complexity index is 474. The molecule has 0 spiro atoms. The molecule has 0 saturated carbocycles. The monoisotopic (exact) mass is 286 g/mol. The molecule has 18 heavy (non-hydrogen) atoms. The molecule has 1 aliphatic rings. The molecule has 8 heteroatoms. The molecular formula is C10H14N4O2S2. The Morgan fingerprint density at radius 3 is 2.83 bits per heavy atom. The zero-order chi connectivity index (χ0) is 13.3. The number of amides is 2. The Kier molecular flexibility index (Phi) is 3.58. The highest BCUT2D eigenvalue weighted by molar-refractivity contribution is 8.00. The number of carbonyl (C=O) groups excluding carboxylic acids is 2. The van der Waals surface area contributed by atoms with Gasteiger partial charge in [-0.1, -0.05) is 11.3 Å². The van der Waals surface area contributed by atoms with E-state index in [0.29, 0.717) is 10.9 Å². The number of rotatable bonds is 3. The Hall–Kier alpha value is -1.15. The van der Waals surface area contributed by atoms with Gasteiger partial charge in [-0.15, -0.1) is 22.0 Å². The molecule has 2 amide bonds. The van der Waals surface area contributed by atoms with Gasteiger partial charge in [0.25, 0.3) is 0 Å². The summed E-state index contributed by atoms with van der Waals surface area (Å²) in [6.07, 6.45) is 0.732. The van der Waals surface area contributed by atoms with Crippen molar-refractivity contribution in [3.8, 4) is 0 Å². The zero-order valence-electron chi connectivity index (χ0n) is 10.3. The smallest absolute Gasteiger partial charge is 0.249 e. The third kappa shape index (κ3) is 2.49. The van der Waals surface area contributed by atoms with Crippen LogP contribution in [0.3, 0.4) is 0 Å². The van der Waals surface area contributed by atoms with E-state index in [2.05, 4.69) is 15.5 Å². The van der Waals surface area contributed by atoms with E-state index in [1.165, 1.54) is 11.3 Å². The minimum atomic E-state index is -0.452. The van der Waals surface area contributed by atoms with Crippen LogP contribution in [0, 0.1) is 6.92 Å². The van der Waals surface area contributed by atoms with Crippen molar-refractivity contribution >= 4 is 40.5 Å². The highest BCUT2D eigenvalue weighted by atomic mass is 32.2. The molecule has 2 rings (SSSR count). The number of carbonyl (C=O) groups is 2. The Morgan fingerprint density at radius 1 is 1.56 bits per heavy atom. The molecule has 1 N–H and O–H groups in total. The molecule has 1 fully saturated rings. The van der Waals surface area contributed by atoms with Crippen LogP contribution in [0.25, 0.3) is 0 Å². The predicted molar refractivity (Wildman–Crippen MR) is 71.5 cm³/mol. The lowest BCUT2D eigenvalue weighted by Gasteiger charge is -2.29. The second-order valence-electron chi connectivity index (χ2n) is 4.40. The molecule has 1 unspecified atom stereocenters. The van der Waals surface area contributed by atoms with Gasteiger partial charge in [-0.2, -0.15) is 0 Å². The van der Waals surface area contributed by atoms with Crippen LogP contribution in [0.1, 0.15) is 18.9 Å². The number of anilines is 1. The standard InChI is InChI=1S/C10H14N4O2S2/c1-6-12-13-9(18-6)11-8(16)7-4-17-10(2,3)14(7)5-15/h5,7H,4H2,1-3H3,(H,11,13,16). The SMILES string of the molecule is Cc1nnc(NC(=O)C2CSC(C)(C)N2C=O)s1. The lowest BCUT2D eigenvalue weighted by Crippen LogP contribution is -2.47. The summed E-state index contributed by atoms with van der Waals surface area (Å²) in [4.78, 5) is 24.4. The van der Waals surface area contributed by atoms with Gasteiger partial charge in [0, 0.05) is 5.75 Å². The summed E-state index contributed by atoms with van der Waals surface area (Å²) in [6.45, 7) is 5.67. The lowest BCUT2D eigenvalue weighted by atomic mass is 10.2. The molecular weight excluding hydrogens is 272 g/mol. The number of aromatic nitrogens is 2. The second-order valence-corrected chi connectivity index (χ2v) is 7.20. The van der Waals surface area contributed by atoms with E-state index >= 15 is 0 Å². The molecule has 2 heterocycles. The van der Waals surface area contributed by atoms with E-state index in [-0.39, 0.29) is 10.8 Å². The van der Waals surface area contributed by atoms with E-state index in [0.717, 1.165) is 11.4 Å². The number of hydrogen-bond acceptors (Lipinski definition) is 6. The van der Waals surface area contributed by atoms with Gasteiger partial charge in [0.1, 0.15) is 11.0 Å². The summed E-state index contributed by atoms with van der Waals surface area (Å²) >= 11 is 2.90. The van der Waals surface area contributed by atoms with Crippen molar-refractivity contribution in [1.82, 2.24) is 15.1 Å². The molecule has 0 radical (unpaired) electrons. The fourth-order valence-electron chi connectivity index (χ4n) is 1.75. The first-order valence-corrected chi connectivity index (χ1v) is 7.23. The molecule has 0 aliphatic carbocycles. The quantitative estimate of drug-likeness (QED) is 0.842. The first-order valence-electron chi connectivity index (χ1n) is 5.43. The normalized spacial score (nSPS) is 21.9. The van der Waals surface area contributed by atoms with Crippen molar-refractivity contribution in [2.75, 3.05) is 11.1 Å². The van der Waals surface area contributed by atoms with Crippen LogP contribution in [-0.2, 0) is 9.59 Å². The van der Waals surface area contributed by atoms with Crippen LogP contribution in [-0.4, -0.2) is 44.1 Å². The van der Waals surface area contributed by atoms with Crippen LogP contribution in [0.15, 0.2) is 0 Å². The van der Waals surface area contributed by atoms with Crippen LogP contribution < -0.4 is 5.32 Å². The van der Waals surface area contributed by atoms with Crippen molar-refractivity contribution in [3.63, 3.8) is 0 Å². The summed E-state index contributed by atoms with van der Waals surface area (Å²) in [5, 5.41) is 11.6. The number of aryl methyl sites for hydroxylation is 1. The maximum absolute atomic E-state index is 12.1. The van der Waals surface area contributed by atoms with Gasteiger partial charge in [-0.05, 0) is 20.8 Å². The van der Waals surface area contributed by atoms with E-state index < -0.39 is 6.04 Å². The van der Waals surface area contributed by atoms with E-state index in [1.807, 2.05) is 20.8 Å². The Balaban J connectivity index is 2.08. The van der Waals surface area contributed by atoms with E-state index in [9.17, 15) is 9.59 Å². The number of hydrogen-bond donors (Lipinski definition) is 1. The lowest BCUT2D eigenvalue weighted by molar-refractivity contribution is -0.130. The van der Waals surface area contributed by atoms with E-state index in [1.54, 1.807) is 16.7 Å². The summed E-state index contributed by atoms with van der Waals surface area (Å²) in [6, 6.07) is -0.452. The molecule has 0 aromatic carbocycles. The van der Waals surface area contributed by atoms with Gasteiger partial charge < -0.3 is 4.90 Å². The largest absolute Gasteiger partial charge is 0.318 e. The van der Waals surface area contributed by atoms with Crippen LogP contribution in [0.4, 0.5) is 5.13 Å². The summed E-state index contributed by atoms with van der Waals surface area (Å²) in [7, 11) is 0. The molecule has 1 atom stereocenters. The van der Waals surface area contributed by atoms with Gasteiger partial charge in [0.2, 0.25) is 17.4 Å². The summed E-state index contributed by atoms with van der Waals surface area (Å²) in [5.74, 6) is 0.381. The molecule has 6 nitrogen and oxygen atoms in total. The van der Waals surface area contributed by atoms with Gasteiger partial charge in [0.05, 0.1) is 4.87 Å². The van der Waals surface area contributed by atoms with Gasteiger partial charge >= 0.3 is 0 Å². The van der Waals surface area contributed by atoms with Gasteiger partial charge in [0.15, 0.2) is 0 Å². The molecule has 98 valence electrons. The summed E-state index contributed by atoms with van der Waals surface area (Å²) in [5.41, 5.74) is 0. The molecule has 1 aromatic rings. The maximum atomic E-state index is 12.1. The highest BCUT2D eigenvalue weighted by Gasteiger charge is 2.43. The first-order chi connectivity index (χ1) is 8.44. The number of nitrogens with zero attached hydrogens (tertiary/aromatic N) is 3. The third-order valence-corrected chi connectivity index (χ3v) is 4.88. The van der Waals surface area contributed by atoms with Crippen molar-refractivity contribution in [2.24, 2.45) is 0 Å².